The molecule has 1 aliphatic rings. The van der Waals surface area contributed by atoms with Crippen LogP contribution >= 0.6 is 23.1 Å². The van der Waals surface area contributed by atoms with Gasteiger partial charge >= 0.3 is 0 Å². The van der Waals surface area contributed by atoms with Crippen LogP contribution in [0, 0.1) is 0 Å². The van der Waals surface area contributed by atoms with Gasteiger partial charge < -0.3 is 4.98 Å². The zero-order valence-electron chi connectivity index (χ0n) is 17.1. The number of para-hydroxylation sites is 1. The average Bonchev–Trinajstić information content (AvgIpc) is 3.53. The minimum atomic E-state index is -0.0282. The molecule has 0 saturated heterocycles. The van der Waals surface area contributed by atoms with Crippen LogP contribution in [0.2, 0.25) is 0 Å². The van der Waals surface area contributed by atoms with Crippen molar-refractivity contribution in [1.82, 2.24) is 24.7 Å². The van der Waals surface area contributed by atoms with Crippen molar-refractivity contribution in [2.45, 2.75) is 30.2 Å². The fraction of sp³-hybridized carbons (Fsp3) is 0.167. The first-order valence-electron chi connectivity index (χ1n) is 10.5. The first-order valence-corrected chi connectivity index (χ1v) is 12.3. The molecular weight excluding hydrogens is 438 g/mol. The number of thioether (sulfide) groups is 1. The molecule has 5 aromatic rings. The second-order valence-electron chi connectivity index (χ2n) is 7.68. The quantitative estimate of drug-likeness (QED) is 0.375. The summed E-state index contributed by atoms with van der Waals surface area (Å²) < 4.78 is 2.05. The first kappa shape index (κ1) is 19.5. The maximum absolute atomic E-state index is 12.8. The number of hydrogen-bond donors (Lipinski definition) is 1. The molecule has 0 unspecified atom stereocenters. The highest BCUT2D eigenvalue weighted by atomic mass is 32.2. The third kappa shape index (κ3) is 3.36. The van der Waals surface area contributed by atoms with Crippen LogP contribution < -0.4 is 5.56 Å². The zero-order valence-corrected chi connectivity index (χ0v) is 18.7. The molecule has 1 aliphatic carbocycles. The second-order valence-corrected chi connectivity index (χ2v) is 9.71. The number of nitrogens with zero attached hydrogens (tertiary/aromatic N) is 4. The van der Waals surface area contributed by atoms with E-state index >= 15 is 0 Å². The van der Waals surface area contributed by atoms with Crippen molar-refractivity contribution in [3.8, 4) is 17.1 Å². The van der Waals surface area contributed by atoms with Gasteiger partial charge in [-0.1, -0.05) is 60.3 Å². The number of aryl methyl sites for hydroxylation is 2. The fourth-order valence-corrected chi connectivity index (χ4v) is 6.30. The molecule has 3 heterocycles. The number of rotatable bonds is 5. The van der Waals surface area contributed by atoms with Crippen LogP contribution in [-0.4, -0.2) is 24.7 Å². The predicted molar refractivity (Wildman–Crippen MR) is 129 cm³/mol. The monoisotopic (exact) mass is 457 g/mol. The molecule has 0 aliphatic heterocycles. The summed E-state index contributed by atoms with van der Waals surface area (Å²) in [6.45, 7) is 0. The van der Waals surface area contributed by atoms with Crippen LogP contribution in [0.5, 0.6) is 0 Å². The average molecular weight is 458 g/mol. The van der Waals surface area contributed by atoms with E-state index in [0.29, 0.717) is 11.6 Å². The van der Waals surface area contributed by atoms with E-state index in [-0.39, 0.29) is 5.56 Å². The van der Waals surface area contributed by atoms with E-state index in [4.69, 9.17) is 4.98 Å². The van der Waals surface area contributed by atoms with Crippen LogP contribution in [0.3, 0.4) is 0 Å². The van der Waals surface area contributed by atoms with E-state index in [1.54, 1.807) is 11.3 Å². The van der Waals surface area contributed by atoms with Gasteiger partial charge in [-0.25, -0.2) is 4.98 Å². The van der Waals surface area contributed by atoms with Gasteiger partial charge in [0, 0.05) is 16.1 Å². The highest BCUT2D eigenvalue weighted by Crippen LogP contribution is 2.35. The molecule has 32 heavy (non-hydrogen) atoms. The highest BCUT2D eigenvalue weighted by molar-refractivity contribution is 7.98. The summed E-state index contributed by atoms with van der Waals surface area (Å²) in [5.41, 5.74) is 3.16. The lowest BCUT2D eigenvalue weighted by Crippen LogP contribution is -2.11. The minimum absolute atomic E-state index is 0.0282. The normalized spacial score (nSPS) is 13.0. The molecule has 158 valence electrons. The fourth-order valence-electron chi connectivity index (χ4n) is 4.20. The van der Waals surface area contributed by atoms with Crippen LogP contribution in [0.15, 0.2) is 70.6 Å². The van der Waals surface area contributed by atoms with Crippen LogP contribution in [0.1, 0.15) is 22.7 Å². The highest BCUT2D eigenvalue weighted by Gasteiger charge is 2.22. The lowest BCUT2D eigenvalue weighted by molar-refractivity contribution is 0.883. The van der Waals surface area contributed by atoms with Crippen molar-refractivity contribution in [1.29, 1.82) is 0 Å². The van der Waals surface area contributed by atoms with Gasteiger partial charge in [-0.3, -0.25) is 9.36 Å². The molecule has 0 amide bonds. The van der Waals surface area contributed by atoms with Gasteiger partial charge in [0.05, 0.1) is 11.1 Å². The molecule has 8 heteroatoms. The van der Waals surface area contributed by atoms with Crippen molar-refractivity contribution in [3.05, 3.63) is 87.3 Å². The van der Waals surface area contributed by atoms with E-state index in [2.05, 4.69) is 19.7 Å². The summed E-state index contributed by atoms with van der Waals surface area (Å²) in [4.78, 5) is 22.7. The Morgan fingerprint density at radius 3 is 2.59 bits per heavy atom. The summed E-state index contributed by atoms with van der Waals surface area (Å²) in [6, 6.07) is 20.1. The summed E-state index contributed by atoms with van der Waals surface area (Å²) in [5.74, 6) is 1.95. The summed E-state index contributed by atoms with van der Waals surface area (Å²) in [6.07, 6.45) is 3.17. The van der Waals surface area contributed by atoms with Crippen molar-refractivity contribution in [2.24, 2.45) is 0 Å². The van der Waals surface area contributed by atoms with Gasteiger partial charge in [0.15, 0.2) is 11.0 Å². The molecule has 6 rings (SSSR count). The van der Waals surface area contributed by atoms with Gasteiger partial charge in [0.25, 0.3) is 5.56 Å². The largest absolute Gasteiger partial charge is 0.309 e. The Balaban J connectivity index is 1.36. The number of hydrogen-bond acceptors (Lipinski definition) is 6. The lowest BCUT2D eigenvalue weighted by Gasteiger charge is -2.10. The SMILES string of the molecule is O=c1[nH]c(CSc2nnc(-c3ccccc3)n2-c2ccccc2)nc2sc3c(c12)CCC3. The van der Waals surface area contributed by atoms with Gasteiger partial charge in [-0.05, 0) is 37.0 Å². The molecule has 6 nitrogen and oxygen atoms in total. The molecular formula is C24H19N5OS2. The van der Waals surface area contributed by atoms with E-state index in [1.807, 2.05) is 60.7 Å². The lowest BCUT2D eigenvalue weighted by atomic mass is 10.2. The van der Waals surface area contributed by atoms with Crippen molar-refractivity contribution >= 4 is 33.3 Å². The Morgan fingerprint density at radius 1 is 1.00 bits per heavy atom. The van der Waals surface area contributed by atoms with Crippen molar-refractivity contribution in [2.75, 3.05) is 0 Å². The molecule has 0 fully saturated rings. The Hall–Kier alpha value is -3.23. The van der Waals surface area contributed by atoms with E-state index in [1.165, 1.54) is 22.2 Å². The van der Waals surface area contributed by atoms with Crippen molar-refractivity contribution < 1.29 is 0 Å². The third-order valence-electron chi connectivity index (χ3n) is 5.64. The molecule has 0 atom stereocenters. The Morgan fingerprint density at radius 2 is 1.78 bits per heavy atom. The van der Waals surface area contributed by atoms with Crippen LogP contribution in [0.25, 0.3) is 27.3 Å². The van der Waals surface area contributed by atoms with Gasteiger partial charge in [0.2, 0.25) is 0 Å². The Labute approximate surface area is 192 Å². The second kappa shape index (κ2) is 8.03. The Kier molecular flexibility index (Phi) is 4.88. The number of thiophene rings is 1. The molecule has 0 radical (unpaired) electrons. The maximum Gasteiger partial charge on any atom is 0.259 e. The van der Waals surface area contributed by atoms with Crippen LogP contribution in [-0.2, 0) is 18.6 Å². The summed E-state index contributed by atoms with van der Waals surface area (Å²) in [5, 5.41) is 10.5. The smallest absolute Gasteiger partial charge is 0.259 e. The molecule has 3 aromatic heterocycles. The third-order valence-corrected chi connectivity index (χ3v) is 7.77. The number of fused-ring (bicyclic) bond motifs is 3. The molecule has 1 N–H and O–H groups in total. The maximum atomic E-state index is 12.8. The number of aromatic nitrogens is 5. The number of aromatic amines is 1. The number of nitrogens with one attached hydrogen (secondary N) is 1. The molecule has 0 bridgehead atoms. The van der Waals surface area contributed by atoms with Crippen LogP contribution in [0.4, 0.5) is 0 Å². The minimum Gasteiger partial charge on any atom is -0.309 e. The van der Waals surface area contributed by atoms with Crippen molar-refractivity contribution in [3.63, 3.8) is 0 Å². The molecule has 2 aromatic carbocycles. The predicted octanol–water partition coefficient (Wildman–Crippen LogP) is 5.01. The van der Waals surface area contributed by atoms with Gasteiger partial charge in [0.1, 0.15) is 10.7 Å². The summed E-state index contributed by atoms with van der Waals surface area (Å²) in [7, 11) is 0. The molecule has 0 saturated carbocycles. The first-order chi connectivity index (χ1) is 15.8. The number of H-pyrrole nitrogens is 1. The van der Waals surface area contributed by atoms with Gasteiger partial charge in [-0.2, -0.15) is 0 Å². The topological polar surface area (TPSA) is 76.5 Å². The standard InChI is InChI=1S/C24H19N5OS2/c30-22-20-17-12-7-13-18(17)32-23(20)26-19(25-22)14-31-24-28-27-21(15-8-3-1-4-9-15)29(24)16-10-5-2-6-11-16/h1-6,8-11H,7,12-14H2,(H,25,26,30). The Bertz CT molecular complexity index is 1470. The molecule has 0 spiro atoms. The number of benzene rings is 2. The van der Waals surface area contributed by atoms with Gasteiger partial charge in [-0.15, -0.1) is 21.5 Å². The van der Waals surface area contributed by atoms with E-state index < -0.39 is 0 Å². The van der Waals surface area contributed by atoms with E-state index in [0.717, 1.165) is 51.7 Å². The van der Waals surface area contributed by atoms with E-state index in [9.17, 15) is 4.79 Å². The summed E-state index contributed by atoms with van der Waals surface area (Å²) >= 11 is 3.18. The zero-order chi connectivity index (χ0) is 21.5.